The lowest BCUT2D eigenvalue weighted by Gasteiger charge is -2.20. The average molecular weight is 218 g/mol. The second kappa shape index (κ2) is 5.34. The summed E-state index contributed by atoms with van der Waals surface area (Å²) in [6, 6.07) is 0.674. The van der Waals surface area contributed by atoms with Gasteiger partial charge in [0.15, 0.2) is 0 Å². The van der Waals surface area contributed by atoms with Gasteiger partial charge in [-0.1, -0.05) is 6.42 Å². The molecule has 1 heterocycles. The third-order valence-corrected chi connectivity index (χ3v) is 3.95. The van der Waals surface area contributed by atoms with E-state index in [9.17, 15) is 0 Å². The molecule has 2 aliphatic rings. The van der Waals surface area contributed by atoms with Gasteiger partial charge in [0, 0.05) is 25.1 Å². The van der Waals surface area contributed by atoms with Gasteiger partial charge in [0.1, 0.15) is 0 Å². The van der Waals surface area contributed by atoms with Crippen molar-refractivity contribution in [3.8, 4) is 0 Å². The van der Waals surface area contributed by atoms with Gasteiger partial charge < -0.3 is 10.1 Å². The van der Waals surface area contributed by atoms with Crippen LogP contribution in [0.25, 0.3) is 0 Å². The maximum absolute atomic E-state index is 5.93. The first-order valence-corrected chi connectivity index (χ1v) is 6.30. The molecule has 2 rings (SSSR count). The zero-order valence-corrected chi connectivity index (χ0v) is 9.43. The van der Waals surface area contributed by atoms with E-state index in [4.69, 9.17) is 16.3 Å². The molecule has 14 heavy (non-hydrogen) atoms. The Labute approximate surface area is 91.3 Å². The number of alkyl halides is 1. The highest BCUT2D eigenvalue weighted by Crippen LogP contribution is 2.27. The first kappa shape index (κ1) is 10.7. The molecule has 1 saturated heterocycles. The van der Waals surface area contributed by atoms with Crippen LogP contribution in [0.3, 0.4) is 0 Å². The number of halogens is 1. The number of nitrogens with one attached hydrogen (secondary N) is 1. The Morgan fingerprint density at radius 2 is 2.21 bits per heavy atom. The van der Waals surface area contributed by atoms with Crippen molar-refractivity contribution in [2.45, 2.75) is 31.7 Å². The van der Waals surface area contributed by atoms with Crippen LogP contribution in [-0.4, -0.2) is 31.7 Å². The highest BCUT2D eigenvalue weighted by atomic mass is 35.5. The molecular formula is C11H20ClNO. The van der Waals surface area contributed by atoms with Gasteiger partial charge in [0.2, 0.25) is 0 Å². The summed E-state index contributed by atoms with van der Waals surface area (Å²) in [6.45, 7) is 3.03. The van der Waals surface area contributed by atoms with Gasteiger partial charge in [0.25, 0.3) is 0 Å². The molecule has 1 aliphatic heterocycles. The van der Waals surface area contributed by atoms with E-state index >= 15 is 0 Å². The highest BCUT2D eigenvalue weighted by molar-refractivity contribution is 6.18. The van der Waals surface area contributed by atoms with Gasteiger partial charge in [-0.25, -0.2) is 0 Å². The van der Waals surface area contributed by atoms with E-state index < -0.39 is 0 Å². The smallest absolute Gasteiger partial charge is 0.0507 e. The third kappa shape index (κ3) is 2.62. The van der Waals surface area contributed by atoms with Crippen LogP contribution in [-0.2, 0) is 4.74 Å². The van der Waals surface area contributed by atoms with Gasteiger partial charge in [-0.15, -0.1) is 11.6 Å². The van der Waals surface area contributed by atoms with Gasteiger partial charge >= 0.3 is 0 Å². The lowest BCUT2D eigenvalue weighted by atomic mass is 10.0. The van der Waals surface area contributed by atoms with Crippen LogP contribution in [0.4, 0.5) is 0 Å². The van der Waals surface area contributed by atoms with Crippen molar-refractivity contribution in [3.63, 3.8) is 0 Å². The zero-order chi connectivity index (χ0) is 9.80. The molecule has 3 atom stereocenters. The molecule has 0 aromatic rings. The fraction of sp³-hybridized carbons (Fsp3) is 1.00. The molecule has 0 amide bonds. The molecule has 0 spiro atoms. The van der Waals surface area contributed by atoms with Crippen LogP contribution in [0.5, 0.6) is 0 Å². The predicted octanol–water partition coefficient (Wildman–Crippen LogP) is 2.02. The predicted molar refractivity (Wildman–Crippen MR) is 58.8 cm³/mol. The standard InChI is InChI=1S/C11H20ClNO/c12-6-10-2-1-3-11(10)13-7-9-4-5-14-8-9/h9-11,13H,1-8H2. The van der Waals surface area contributed by atoms with Crippen molar-refractivity contribution < 1.29 is 4.74 Å². The Kier molecular flexibility index (Phi) is 4.09. The number of ether oxygens (including phenoxy) is 1. The van der Waals surface area contributed by atoms with E-state index in [0.717, 1.165) is 31.6 Å². The van der Waals surface area contributed by atoms with Crippen molar-refractivity contribution in [2.75, 3.05) is 25.6 Å². The Morgan fingerprint density at radius 1 is 1.29 bits per heavy atom. The molecule has 1 aliphatic carbocycles. The average Bonchev–Trinajstić information content (AvgIpc) is 2.85. The molecular weight excluding hydrogens is 198 g/mol. The first-order chi connectivity index (χ1) is 6.90. The molecule has 3 unspecified atom stereocenters. The summed E-state index contributed by atoms with van der Waals surface area (Å²) in [5, 5.41) is 3.66. The van der Waals surface area contributed by atoms with E-state index in [2.05, 4.69) is 5.32 Å². The second-order valence-corrected chi connectivity index (χ2v) is 4.90. The molecule has 0 radical (unpaired) electrons. The monoisotopic (exact) mass is 217 g/mol. The van der Waals surface area contributed by atoms with E-state index in [1.807, 2.05) is 0 Å². The minimum Gasteiger partial charge on any atom is -0.381 e. The Morgan fingerprint density at radius 3 is 2.93 bits per heavy atom. The van der Waals surface area contributed by atoms with Crippen molar-refractivity contribution in [1.82, 2.24) is 5.32 Å². The van der Waals surface area contributed by atoms with E-state index in [1.165, 1.54) is 25.7 Å². The quantitative estimate of drug-likeness (QED) is 0.728. The van der Waals surface area contributed by atoms with E-state index in [-0.39, 0.29) is 0 Å². The van der Waals surface area contributed by atoms with Gasteiger partial charge in [-0.05, 0) is 31.1 Å². The van der Waals surface area contributed by atoms with E-state index in [1.54, 1.807) is 0 Å². The molecule has 0 aromatic carbocycles. The number of hydrogen-bond donors (Lipinski definition) is 1. The van der Waals surface area contributed by atoms with E-state index in [0.29, 0.717) is 12.0 Å². The van der Waals surface area contributed by atoms with Crippen molar-refractivity contribution in [3.05, 3.63) is 0 Å². The summed E-state index contributed by atoms with van der Waals surface area (Å²) in [7, 11) is 0. The fourth-order valence-corrected chi connectivity index (χ4v) is 2.92. The third-order valence-electron chi connectivity index (χ3n) is 3.55. The number of rotatable bonds is 4. The second-order valence-electron chi connectivity index (χ2n) is 4.59. The Balaban J connectivity index is 1.68. The molecule has 1 N–H and O–H groups in total. The highest BCUT2D eigenvalue weighted by Gasteiger charge is 2.27. The van der Waals surface area contributed by atoms with Crippen molar-refractivity contribution in [1.29, 1.82) is 0 Å². The maximum atomic E-state index is 5.93. The summed E-state index contributed by atoms with van der Waals surface area (Å²) >= 11 is 5.93. The minimum atomic E-state index is 0.674. The van der Waals surface area contributed by atoms with Crippen molar-refractivity contribution >= 4 is 11.6 Å². The zero-order valence-electron chi connectivity index (χ0n) is 8.68. The van der Waals surface area contributed by atoms with Crippen LogP contribution in [0, 0.1) is 11.8 Å². The normalized spacial score (nSPS) is 37.9. The van der Waals surface area contributed by atoms with Crippen LogP contribution < -0.4 is 5.32 Å². The van der Waals surface area contributed by atoms with Crippen LogP contribution in [0.1, 0.15) is 25.7 Å². The fourth-order valence-electron chi connectivity index (χ4n) is 2.55. The Bertz CT molecular complexity index is 171. The Hall–Kier alpha value is 0.210. The molecule has 2 nitrogen and oxygen atoms in total. The molecule has 3 heteroatoms. The largest absolute Gasteiger partial charge is 0.381 e. The lowest BCUT2D eigenvalue weighted by Crippen LogP contribution is -2.36. The topological polar surface area (TPSA) is 21.3 Å². The van der Waals surface area contributed by atoms with Crippen LogP contribution >= 0.6 is 11.6 Å². The van der Waals surface area contributed by atoms with Crippen LogP contribution in [0.15, 0.2) is 0 Å². The minimum absolute atomic E-state index is 0.674. The van der Waals surface area contributed by atoms with Gasteiger partial charge in [-0.2, -0.15) is 0 Å². The summed E-state index contributed by atoms with van der Waals surface area (Å²) in [5.74, 6) is 2.27. The summed E-state index contributed by atoms with van der Waals surface area (Å²) in [6.07, 6.45) is 5.19. The summed E-state index contributed by atoms with van der Waals surface area (Å²) < 4.78 is 5.36. The molecule has 82 valence electrons. The van der Waals surface area contributed by atoms with Crippen molar-refractivity contribution in [2.24, 2.45) is 11.8 Å². The summed E-state index contributed by atoms with van der Waals surface area (Å²) in [5.41, 5.74) is 0. The first-order valence-electron chi connectivity index (χ1n) is 5.77. The van der Waals surface area contributed by atoms with Crippen LogP contribution in [0.2, 0.25) is 0 Å². The molecule has 2 fully saturated rings. The maximum Gasteiger partial charge on any atom is 0.0507 e. The SMILES string of the molecule is ClCC1CCCC1NCC1CCOC1. The van der Waals surface area contributed by atoms with Gasteiger partial charge in [-0.3, -0.25) is 0 Å². The lowest BCUT2D eigenvalue weighted by molar-refractivity contribution is 0.184. The van der Waals surface area contributed by atoms with Gasteiger partial charge in [0.05, 0.1) is 6.61 Å². The molecule has 1 saturated carbocycles. The summed E-state index contributed by atoms with van der Waals surface area (Å²) in [4.78, 5) is 0. The molecule has 0 bridgehead atoms. The molecule has 0 aromatic heterocycles. The number of hydrogen-bond acceptors (Lipinski definition) is 2.